The molecule has 6 heteroatoms. The van der Waals surface area contributed by atoms with Gasteiger partial charge in [-0.05, 0) is 37.0 Å². The molecule has 1 aromatic heterocycles. The number of amides is 2. The fraction of sp³-hybridized carbons (Fsp3) is 0.526. The number of hydrogen-bond acceptors (Lipinski definition) is 4. The number of ether oxygens (including phenoxy) is 1. The molecule has 0 aliphatic carbocycles. The standard InChI is InChI=1S/C19H25N3O3/c23-19(20-17-4-3-16-5-9-25-18(16)12-17)22-6-1-2-15(14-22)13-21-7-10-24-11-8-21/h3-5,9,12,15H,1-2,6-8,10-11,13-14H2,(H,20,23)/t15-/m0/s1. The van der Waals surface area contributed by atoms with E-state index in [0.717, 1.165) is 69.0 Å². The summed E-state index contributed by atoms with van der Waals surface area (Å²) in [4.78, 5) is 17.0. The maximum atomic E-state index is 12.6. The van der Waals surface area contributed by atoms with Gasteiger partial charge in [0.1, 0.15) is 5.58 Å². The number of nitrogens with zero attached hydrogens (tertiary/aromatic N) is 2. The maximum Gasteiger partial charge on any atom is 0.321 e. The van der Waals surface area contributed by atoms with Gasteiger partial charge >= 0.3 is 6.03 Å². The molecule has 2 aliphatic heterocycles. The normalized spacial score (nSPS) is 22.2. The van der Waals surface area contributed by atoms with Gasteiger partial charge in [0.2, 0.25) is 0 Å². The van der Waals surface area contributed by atoms with Crippen molar-refractivity contribution < 1.29 is 13.9 Å². The molecule has 3 heterocycles. The fourth-order valence-corrected chi connectivity index (χ4v) is 3.78. The summed E-state index contributed by atoms with van der Waals surface area (Å²) in [5, 5.41) is 4.05. The number of piperidine rings is 1. The van der Waals surface area contributed by atoms with Crippen LogP contribution in [-0.4, -0.2) is 61.8 Å². The Hall–Kier alpha value is -2.05. The Bertz CT molecular complexity index is 724. The van der Waals surface area contributed by atoms with Crippen LogP contribution >= 0.6 is 0 Å². The average Bonchev–Trinajstić information content (AvgIpc) is 3.10. The number of anilines is 1. The molecule has 0 spiro atoms. The number of rotatable bonds is 3. The molecule has 2 amide bonds. The van der Waals surface area contributed by atoms with Gasteiger partial charge in [-0.1, -0.05) is 0 Å². The fourth-order valence-electron chi connectivity index (χ4n) is 3.78. The lowest BCUT2D eigenvalue weighted by Crippen LogP contribution is -2.47. The van der Waals surface area contributed by atoms with Crippen molar-refractivity contribution in [3.05, 3.63) is 30.5 Å². The van der Waals surface area contributed by atoms with Gasteiger partial charge in [0.05, 0.1) is 19.5 Å². The van der Waals surface area contributed by atoms with Crippen molar-refractivity contribution in [3.63, 3.8) is 0 Å². The van der Waals surface area contributed by atoms with Crippen LogP contribution in [0.25, 0.3) is 11.0 Å². The van der Waals surface area contributed by atoms with Crippen LogP contribution in [0.2, 0.25) is 0 Å². The molecule has 4 rings (SSSR count). The Morgan fingerprint density at radius 1 is 1.20 bits per heavy atom. The molecule has 6 nitrogen and oxygen atoms in total. The zero-order valence-electron chi connectivity index (χ0n) is 14.4. The number of morpholine rings is 1. The number of nitrogens with one attached hydrogen (secondary N) is 1. The van der Waals surface area contributed by atoms with Gasteiger partial charge in [0.25, 0.3) is 0 Å². The first-order valence-electron chi connectivity index (χ1n) is 9.11. The molecule has 1 atom stereocenters. The van der Waals surface area contributed by atoms with Gasteiger partial charge in [0.15, 0.2) is 0 Å². The predicted octanol–water partition coefficient (Wildman–Crippen LogP) is 3.01. The zero-order chi connectivity index (χ0) is 17.1. The smallest absolute Gasteiger partial charge is 0.321 e. The number of benzene rings is 1. The second-order valence-electron chi connectivity index (χ2n) is 6.97. The minimum Gasteiger partial charge on any atom is -0.464 e. The van der Waals surface area contributed by atoms with Crippen molar-refractivity contribution in [2.24, 2.45) is 5.92 Å². The molecule has 134 valence electrons. The van der Waals surface area contributed by atoms with E-state index in [1.54, 1.807) is 6.26 Å². The number of furan rings is 1. The minimum absolute atomic E-state index is 0.0161. The zero-order valence-corrected chi connectivity index (χ0v) is 14.4. The van der Waals surface area contributed by atoms with Gasteiger partial charge < -0.3 is 19.4 Å². The lowest BCUT2D eigenvalue weighted by molar-refractivity contribution is 0.0252. The van der Waals surface area contributed by atoms with E-state index >= 15 is 0 Å². The van der Waals surface area contributed by atoms with Crippen LogP contribution in [0.1, 0.15) is 12.8 Å². The van der Waals surface area contributed by atoms with E-state index in [-0.39, 0.29) is 6.03 Å². The lowest BCUT2D eigenvalue weighted by Gasteiger charge is -2.36. The Balaban J connectivity index is 1.34. The molecular weight excluding hydrogens is 318 g/mol. The number of urea groups is 1. The number of hydrogen-bond donors (Lipinski definition) is 1. The maximum absolute atomic E-state index is 12.6. The molecule has 2 aromatic rings. The van der Waals surface area contributed by atoms with E-state index < -0.39 is 0 Å². The minimum atomic E-state index is -0.0161. The highest BCUT2D eigenvalue weighted by molar-refractivity contribution is 5.92. The van der Waals surface area contributed by atoms with Crippen LogP contribution in [0.4, 0.5) is 10.5 Å². The van der Waals surface area contributed by atoms with Gasteiger partial charge in [-0.15, -0.1) is 0 Å². The lowest BCUT2D eigenvalue weighted by atomic mass is 9.97. The Kier molecular flexibility index (Phi) is 4.90. The predicted molar refractivity (Wildman–Crippen MR) is 96.8 cm³/mol. The van der Waals surface area contributed by atoms with Crippen LogP contribution in [0.3, 0.4) is 0 Å². The van der Waals surface area contributed by atoms with E-state index in [4.69, 9.17) is 9.15 Å². The number of carbonyl (C=O) groups is 1. The topological polar surface area (TPSA) is 58.0 Å². The van der Waals surface area contributed by atoms with Crippen molar-refractivity contribution >= 4 is 22.7 Å². The number of likely N-dealkylation sites (tertiary alicyclic amines) is 1. The van der Waals surface area contributed by atoms with Crippen molar-refractivity contribution in [3.8, 4) is 0 Å². The first-order chi connectivity index (χ1) is 12.3. The molecule has 0 bridgehead atoms. The highest BCUT2D eigenvalue weighted by atomic mass is 16.5. The van der Waals surface area contributed by atoms with E-state index in [1.807, 2.05) is 29.2 Å². The Labute approximate surface area is 147 Å². The summed E-state index contributed by atoms with van der Waals surface area (Å²) in [6, 6.07) is 7.67. The molecule has 0 saturated carbocycles. The third-order valence-electron chi connectivity index (χ3n) is 5.13. The van der Waals surface area contributed by atoms with Crippen LogP contribution in [-0.2, 0) is 4.74 Å². The molecule has 2 saturated heterocycles. The summed E-state index contributed by atoms with van der Waals surface area (Å²) in [7, 11) is 0. The number of fused-ring (bicyclic) bond motifs is 1. The third kappa shape index (κ3) is 3.96. The highest BCUT2D eigenvalue weighted by Gasteiger charge is 2.26. The quantitative estimate of drug-likeness (QED) is 0.931. The van der Waals surface area contributed by atoms with Gasteiger partial charge in [-0.3, -0.25) is 4.90 Å². The first kappa shape index (κ1) is 16.4. The van der Waals surface area contributed by atoms with Crippen molar-refractivity contribution in [1.82, 2.24) is 9.80 Å². The van der Waals surface area contributed by atoms with E-state index in [1.165, 1.54) is 6.42 Å². The van der Waals surface area contributed by atoms with E-state index in [9.17, 15) is 4.79 Å². The highest BCUT2D eigenvalue weighted by Crippen LogP contribution is 2.22. The van der Waals surface area contributed by atoms with Gasteiger partial charge in [-0.2, -0.15) is 0 Å². The van der Waals surface area contributed by atoms with Crippen molar-refractivity contribution in [2.75, 3.05) is 51.3 Å². The van der Waals surface area contributed by atoms with Gasteiger partial charge in [0, 0.05) is 49.9 Å². The van der Waals surface area contributed by atoms with E-state index in [2.05, 4.69) is 10.2 Å². The van der Waals surface area contributed by atoms with Crippen LogP contribution in [0.15, 0.2) is 34.9 Å². The second kappa shape index (κ2) is 7.45. The summed E-state index contributed by atoms with van der Waals surface area (Å²) < 4.78 is 10.8. The first-order valence-corrected chi connectivity index (χ1v) is 9.11. The summed E-state index contributed by atoms with van der Waals surface area (Å²) >= 11 is 0. The molecule has 25 heavy (non-hydrogen) atoms. The Morgan fingerprint density at radius 2 is 2.08 bits per heavy atom. The van der Waals surface area contributed by atoms with Crippen LogP contribution in [0.5, 0.6) is 0 Å². The molecule has 0 unspecified atom stereocenters. The molecular formula is C19H25N3O3. The van der Waals surface area contributed by atoms with Crippen molar-refractivity contribution in [2.45, 2.75) is 12.8 Å². The summed E-state index contributed by atoms with van der Waals surface area (Å²) in [5.41, 5.74) is 1.57. The molecule has 2 aliphatic rings. The summed E-state index contributed by atoms with van der Waals surface area (Å²) in [5.74, 6) is 0.546. The summed E-state index contributed by atoms with van der Waals surface area (Å²) in [6.45, 7) is 6.38. The van der Waals surface area contributed by atoms with E-state index in [0.29, 0.717) is 5.92 Å². The van der Waals surface area contributed by atoms with Crippen molar-refractivity contribution in [1.29, 1.82) is 0 Å². The molecule has 1 N–H and O–H groups in total. The van der Waals surface area contributed by atoms with Crippen LogP contribution < -0.4 is 5.32 Å². The largest absolute Gasteiger partial charge is 0.464 e. The van der Waals surface area contributed by atoms with Crippen LogP contribution in [0, 0.1) is 5.92 Å². The molecule has 1 aromatic carbocycles. The third-order valence-corrected chi connectivity index (χ3v) is 5.13. The monoisotopic (exact) mass is 343 g/mol. The molecule has 0 radical (unpaired) electrons. The summed E-state index contributed by atoms with van der Waals surface area (Å²) in [6.07, 6.45) is 3.93. The number of carbonyl (C=O) groups excluding carboxylic acids is 1. The molecule has 2 fully saturated rings. The van der Waals surface area contributed by atoms with Gasteiger partial charge in [-0.25, -0.2) is 4.79 Å². The Morgan fingerprint density at radius 3 is 2.96 bits per heavy atom. The second-order valence-corrected chi connectivity index (χ2v) is 6.97. The average molecular weight is 343 g/mol. The SMILES string of the molecule is O=C(Nc1ccc2ccoc2c1)N1CCC[C@@H](CN2CCOCC2)C1.